The summed E-state index contributed by atoms with van der Waals surface area (Å²) in [5, 5.41) is 7.24. The summed E-state index contributed by atoms with van der Waals surface area (Å²) in [5.41, 5.74) is -0.0982. The van der Waals surface area contributed by atoms with Crippen LogP contribution in [0, 0.1) is 0 Å². The van der Waals surface area contributed by atoms with E-state index in [0.29, 0.717) is 17.7 Å². The van der Waals surface area contributed by atoms with Crippen LogP contribution >= 0.6 is 0 Å². The van der Waals surface area contributed by atoms with Crippen LogP contribution in [0.3, 0.4) is 0 Å². The Hall–Kier alpha value is -3.74. The Bertz CT molecular complexity index is 1420. The van der Waals surface area contributed by atoms with Crippen molar-refractivity contribution in [3.05, 3.63) is 54.0 Å². The molecule has 0 fully saturated rings. The minimum absolute atomic E-state index is 0.00964. The molecule has 10 nitrogen and oxygen atoms in total. The molecule has 4 aromatic rings. The number of para-hydroxylation sites is 1. The summed E-state index contributed by atoms with van der Waals surface area (Å²) >= 11 is 0. The number of hydrogen-bond donors (Lipinski definition) is 1. The Labute approximate surface area is 179 Å². The van der Waals surface area contributed by atoms with E-state index in [-0.39, 0.29) is 33.3 Å². The molecule has 1 N–H and O–H groups in total. The van der Waals surface area contributed by atoms with Crippen LogP contribution in [0.2, 0.25) is 0 Å². The Morgan fingerprint density at radius 3 is 2.88 bits per heavy atom. The van der Waals surface area contributed by atoms with Gasteiger partial charge in [-0.2, -0.15) is 13.9 Å². The van der Waals surface area contributed by atoms with Crippen LogP contribution in [0.25, 0.3) is 11.0 Å². The zero-order valence-electron chi connectivity index (χ0n) is 16.4. The second-order valence-electron chi connectivity index (χ2n) is 6.86. The van der Waals surface area contributed by atoms with Gasteiger partial charge < -0.3 is 14.0 Å². The fourth-order valence-electron chi connectivity index (χ4n) is 3.43. The molecule has 32 heavy (non-hydrogen) atoms. The zero-order chi connectivity index (χ0) is 22.5. The lowest BCUT2D eigenvalue weighted by Crippen LogP contribution is -2.26. The molecule has 0 saturated heterocycles. The number of aromatic nitrogens is 4. The van der Waals surface area contributed by atoms with Crippen molar-refractivity contribution in [2.45, 2.75) is 17.4 Å². The van der Waals surface area contributed by atoms with Crippen LogP contribution < -0.4 is 14.2 Å². The molecule has 0 unspecified atom stereocenters. The van der Waals surface area contributed by atoms with E-state index in [1.807, 2.05) is 0 Å². The maximum Gasteiger partial charge on any atom is 0.387 e. The highest BCUT2D eigenvalue weighted by atomic mass is 32.2. The highest BCUT2D eigenvalue weighted by Crippen LogP contribution is 2.38. The van der Waals surface area contributed by atoms with Crippen LogP contribution in [0.5, 0.6) is 11.6 Å². The molecule has 0 aliphatic carbocycles. The summed E-state index contributed by atoms with van der Waals surface area (Å²) in [5.74, 6) is -0.286. The van der Waals surface area contributed by atoms with E-state index in [1.165, 1.54) is 25.4 Å². The van der Waals surface area contributed by atoms with E-state index in [1.54, 1.807) is 12.1 Å². The molecule has 0 spiro atoms. The summed E-state index contributed by atoms with van der Waals surface area (Å²) in [7, 11) is -2.93. The first-order chi connectivity index (χ1) is 15.3. The van der Waals surface area contributed by atoms with Gasteiger partial charge in [0.05, 0.1) is 13.7 Å². The number of pyridine rings is 1. The summed E-state index contributed by atoms with van der Waals surface area (Å²) in [4.78, 5) is 3.78. The van der Waals surface area contributed by atoms with E-state index in [0.717, 1.165) is 17.8 Å². The monoisotopic (exact) mass is 463 g/mol. The third-order valence-corrected chi connectivity index (χ3v) is 6.28. The number of ether oxygens (including phenoxy) is 2. The van der Waals surface area contributed by atoms with Gasteiger partial charge in [-0.3, -0.25) is 4.72 Å². The second kappa shape index (κ2) is 7.15. The van der Waals surface area contributed by atoms with Gasteiger partial charge in [0.25, 0.3) is 10.0 Å². The number of alkyl halides is 2. The number of halogens is 2. The quantitative estimate of drug-likeness (QED) is 0.463. The molecule has 13 heteroatoms. The van der Waals surface area contributed by atoms with Gasteiger partial charge in [0.1, 0.15) is 21.7 Å². The maximum atomic E-state index is 14.8. The number of rotatable bonds is 6. The van der Waals surface area contributed by atoms with Crippen LogP contribution in [0.4, 0.5) is 14.6 Å². The third-order valence-electron chi connectivity index (χ3n) is 4.91. The highest BCUT2D eigenvalue weighted by Gasteiger charge is 2.38. The minimum atomic E-state index is -4.14. The summed E-state index contributed by atoms with van der Waals surface area (Å²) < 4.78 is 74.1. The largest absolute Gasteiger partial charge is 0.492 e. The van der Waals surface area contributed by atoms with E-state index >= 15 is 0 Å². The lowest BCUT2D eigenvalue weighted by Gasteiger charge is -2.16. The van der Waals surface area contributed by atoms with Crippen molar-refractivity contribution in [3.63, 3.8) is 0 Å². The fourth-order valence-corrected chi connectivity index (χ4v) is 4.63. The number of methoxy groups -OCH3 is 1. The molecular formula is C19H15F2N5O5S. The minimum Gasteiger partial charge on any atom is -0.492 e. The molecule has 1 aliphatic rings. The summed E-state index contributed by atoms with van der Waals surface area (Å²) in [6.45, 7) is 0.375. The Morgan fingerprint density at radius 2 is 2.12 bits per heavy atom. The van der Waals surface area contributed by atoms with Crippen LogP contribution in [-0.2, 0) is 22.5 Å². The Balaban J connectivity index is 1.57. The van der Waals surface area contributed by atoms with Crippen molar-refractivity contribution >= 4 is 26.8 Å². The van der Waals surface area contributed by atoms with Gasteiger partial charge >= 0.3 is 6.05 Å². The summed E-state index contributed by atoms with van der Waals surface area (Å²) in [6.07, 6.45) is 2.88. The smallest absolute Gasteiger partial charge is 0.387 e. The number of fused-ring (bicyclic) bond motifs is 2. The van der Waals surface area contributed by atoms with E-state index in [4.69, 9.17) is 14.0 Å². The first-order valence-electron chi connectivity index (χ1n) is 9.31. The van der Waals surface area contributed by atoms with Gasteiger partial charge in [0.2, 0.25) is 5.88 Å². The van der Waals surface area contributed by atoms with Gasteiger partial charge in [-0.05, 0) is 17.7 Å². The molecular weight excluding hydrogens is 448 g/mol. The zero-order valence-corrected chi connectivity index (χ0v) is 17.3. The topological polar surface area (TPSA) is 121 Å². The van der Waals surface area contributed by atoms with Gasteiger partial charge in [-0.25, -0.2) is 18.1 Å². The molecule has 3 aromatic heterocycles. The molecule has 1 aromatic carbocycles. The predicted molar refractivity (Wildman–Crippen MR) is 106 cm³/mol. The number of anilines is 1. The van der Waals surface area contributed by atoms with Gasteiger partial charge in [-0.1, -0.05) is 17.3 Å². The molecule has 1 aliphatic heterocycles. The number of sulfonamides is 1. The molecule has 5 rings (SSSR count). The van der Waals surface area contributed by atoms with Crippen molar-refractivity contribution in [2.75, 3.05) is 18.4 Å². The van der Waals surface area contributed by atoms with Gasteiger partial charge in [0.15, 0.2) is 11.4 Å². The van der Waals surface area contributed by atoms with Crippen molar-refractivity contribution in [2.24, 2.45) is 0 Å². The lowest BCUT2D eigenvalue weighted by molar-refractivity contribution is -0.0526. The number of benzene rings is 1. The normalized spacial score (nSPS) is 13.7. The van der Waals surface area contributed by atoms with Crippen molar-refractivity contribution in [1.82, 2.24) is 19.9 Å². The van der Waals surface area contributed by atoms with Crippen LogP contribution in [-0.4, -0.2) is 42.1 Å². The lowest BCUT2D eigenvalue weighted by atomic mass is 10.2. The first kappa shape index (κ1) is 20.2. The SMILES string of the molecule is COc1nc(C(F)(F)n2cccn2)cc2onc(NS(=O)(=O)c3cccc4c3OCC4)c12. The molecule has 0 bridgehead atoms. The van der Waals surface area contributed by atoms with Crippen LogP contribution in [0.15, 0.2) is 52.1 Å². The fraction of sp³-hybridized carbons (Fsp3) is 0.211. The van der Waals surface area contributed by atoms with Crippen molar-refractivity contribution in [1.29, 1.82) is 0 Å². The molecule has 4 heterocycles. The third kappa shape index (κ3) is 3.12. The number of nitrogens with zero attached hydrogens (tertiary/aromatic N) is 4. The Morgan fingerprint density at radius 1 is 1.28 bits per heavy atom. The Kier molecular flexibility index (Phi) is 4.51. The number of hydrogen-bond acceptors (Lipinski definition) is 8. The average Bonchev–Trinajstić information content (AvgIpc) is 3.53. The average molecular weight is 463 g/mol. The van der Waals surface area contributed by atoms with E-state index in [9.17, 15) is 17.2 Å². The molecule has 0 amide bonds. The van der Waals surface area contributed by atoms with E-state index in [2.05, 4.69) is 20.0 Å². The standard InChI is InChI=1S/C19H15F2N5O5S/c1-29-18-15-12(10-14(23-18)19(20,21)26-8-3-7-22-26)31-24-17(15)25-32(27,28)13-5-2-4-11-6-9-30-16(11)13/h2-5,7-8,10H,6,9H2,1H3,(H,24,25). The molecule has 0 saturated carbocycles. The number of nitrogens with one attached hydrogen (secondary N) is 1. The van der Waals surface area contributed by atoms with Crippen molar-refractivity contribution in [3.8, 4) is 11.6 Å². The van der Waals surface area contributed by atoms with E-state index < -0.39 is 21.8 Å². The second-order valence-corrected chi connectivity index (χ2v) is 8.51. The molecule has 0 atom stereocenters. The van der Waals surface area contributed by atoms with Gasteiger partial charge in [-0.15, -0.1) is 0 Å². The van der Waals surface area contributed by atoms with Crippen molar-refractivity contribution < 1.29 is 31.2 Å². The maximum absolute atomic E-state index is 14.8. The summed E-state index contributed by atoms with van der Waals surface area (Å²) in [6, 6.07) is 3.46. The molecule has 0 radical (unpaired) electrons. The first-order valence-corrected chi connectivity index (χ1v) is 10.8. The predicted octanol–water partition coefficient (Wildman–Crippen LogP) is 2.76. The van der Waals surface area contributed by atoms with Crippen LogP contribution in [0.1, 0.15) is 11.3 Å². The molecule has 166 valence electrons. The van der Waals surface area contributed by atoms with Gasteiger partial charge in [0, 0.05) is 24.9 Å². The highest BCUT2D eigenvalue weighted by molar-refractivity contribution is 7.92.